The van der Waals surface area contributed by atoms with Crippen LogP contribution in [0.3, 0.4) is 0 Å². The molecule has 0 saturated carbocycles. The molecule has 5 N–H and O–H groups in total. The van der Waals surface area contributed by atoms with Crippen molar-refractivity contribution in [2.75, 3.05) is 12.3 Å². The third-order valence-corrected chi connectivity index (χ3v) is 2.48. The second-order valence-corrected chi connectivity index (χ2v) is 3.76. The quantitative estimate of drug-likeness (QED) is 0.478. The minimum atomic E-state index is -1.30. The summed E-state index contributed by atoms with van der Waals surface area (Å²) in [5.74, 6) is -0.103. The number of imidazole rings is 1. The molecular formula is C9H12FN5O3. The number of aromatic nitrogens is 4. The molecule has 8 nitrogen and oxygen atoms in total. The summed E-state index contributed by atoms with van der Waals surface area (Å²) < 4.78 is 14.3. The van der Waals surface area contributed by atoms with Gasteiger partial charge >= 0.3 is 6.08 Å². The van der Waals surface area contributed by atoms with Gasteiger partial charge in [0.2, 0.25) is 0 Å². The molecule has 0 saturated heterocycles. The highest BCUT2D eigenvalue weighted by molar-refractivity contribution is 5.81. The topological polar surface area (TPSA) is 130 Å². The molecule has 0 aromatic carbocycles. The zero-order valence-corrected chi connectivity index (χ0v) is 9.23. The summed E-state index contributed by atoms with van der Waals surface area (Å²) >= 11 is 0. The molecule has 98 valence electrons. The third kappa shape index (κ3) is 2.23. The maximum atomic E-state index is 13.0. The van der Waals surface area contributed by atoms with Crippen LogP contribution < -0.4 is 5.73 Å². The number of fused-ring (bicyclic) bond motifs is 1. The average Bonchev–Trinajstić information content (AvgIpc) is 2.71. The summed E-state index contributed by atoms with van der Waals surface area (Å²) in [4.78, 5) is 10.7. The molecule has 2 atom stereocenters. The van der Waals surface area contributed by atoms with Gasteiger partial charge in [-0.15, -0.1) is 0 Å². The number of rotatable bonds is 4. The van der Waals surface area contributed by atoms with E-state index in [1.54, 1.807) is 0 Å². The predicted molar refractivity (Wildman–Crippen MR) is 58.8 cm³/mol. The molecule has 0 fully saturated rings. The van der Waals surface area contributed by atoms with Gasteiger partial charge in [-0.05, 0) is 0 Å². The third-order valence-electron chi connectivity index (χ3n) is 2.48. The standard InChI is InChI=1S/C9H12FN5O3/c10-9-13-7(11)6-8(14-9)15(3-12-6)1-4(17)5(18)2-16/h3-5,16-18H,1-2H2,(H2,11,13,14). The first-order chi connectivity index (χ1) is 8.52. The van der Waals surface area contributed by atoms with E-state index < -0.39 is 24.9 Å². The number of anilines is 1. The zero-order valence-electron chi connectivity index (χ0n) is 9.23. The van der Waals surface area contributed by atoms with Crippen LogP contribution in [0.1, 0.15) is 0 Å². The van der Waals surface area contributed by atoms with Crippen molar-refractivity contribution in [1.29, 1.82) is 0 Å². The Labute approximate surface area is 101 Å². The molecule has 2 rings (SSSR count). The lowest BCUT2D eigenvalue weighted by Crippen LogP contribution is -2.33. The van der Waals surface area contributed by atoms with Crippen molar-refractivity contribution in [2.45, 2.75) is 18.8 Å². The number of aliphatic hydroxyl groups excluding tert-OH is 3. The molecule has 2 aromatic rings. The van der Waals surface area contributed by atoms with Crippen LogP contribution in [0.15, 0.2) is 6.33 Å². The van der Waals surface area contributed by atoms with Gasteiger partial charge in [0.1, 0.15) is 17.7 Å². The van der Waals surface area contributed by atoms with Crippen LogP contribution in [0.25, 0.3) is 11.2 Å². The lowest BCUT2D eigenvalue weighted by atomic mass is 10.2. The molecular weight excluding hydrogens is 245 g/mol. The van der Waals surface area contributed by atoms with Gasteiger partial charge in [0.15, 0.2) is 11.5 Å². The van der Waals surface area contributed by atoms with E-state index in [0.29, 0.717) is 0 Å². The molecule has 0 aliphatic heterocycles. The summed E-state index contributed by atoms with van der Waals surface area (Å²) in [5, 5.41) is 27.5. The van der Waals surface area contributed by atoms with E-state index in [1.165, 1.54) is 10.9 Å². The lowest BCUT2D eigenvalue weighted by Gasteiger charge is -2.15. The molecule has 2 unspecified atom stereocenters. The van der Waals surface area contributed by atoms with Gasteiger partial charge in [-0.2, -0.15) is 14.4 Å². The van der Waals surface area contributed by atoms with Crippen LogP contribution in [-0.4, -0.2) is 53.7 Å². The highest BCUT2D eigenvalue weighted by Gasteiger charge is 2.18. The smallest absolute Gasteiger partial charge is 0.312 e. The summed E-state index contributed by atoms with van der Waals surface area (Å²) in [5.41, 5.74) is 5.79. The lowest BCUT2D eigenvalue weighted by molar-refractivity contribution is -0.0211. The molecule has 0 radical (unpaired) electrons. The van der Waals surface area contributed by atoms with Gasteiger partial charge in [-0.3, -0.25) is 0 Å². The summed E-state index contributed by atoms with van der Waals surface area (Å²) in [6, 6.07) is 0. The Morgan fingerprint density at radius 3 is 2.72 bits per heavy atom. The van der Waals surface area contributed by atoms with E-state index in [0.717, 1.165) is 0 Å². The van der Waals surface area contributed by atoms with Crippen LogP contribution in [0.5, 0.6) is 0 Å². The zero-order chi connectivity index (χ0) is 13.3. The summed E-state index contributed by atoms with van der Waals surface area (Å²) in [7, 11) is 0. The second kappa shape index (κ2) is 4.80. The maximum absolute atomic E-state index is 13.0. The van der Waals surface area contributed by atoms with E-state index in [-0.39, 0.29) is 23.5 Å². The highest BCUT2D eigenvalue weighted by Crippen LogP contribution is 2.16. The largest absolute Gasteiger partial charge is 0.394 e. The Bertz CT molecular complexity index is 560. The average molecular weight is 257 g/mol. The number of nitrogen functional groups attached to an aromatic ring is 1. The Balaban J connectivity index is 2.35. The first kappa shape index (κ1) is 12.6. The van der Waals surface area contributed by atoms with Crippen molar-refractivity contribution >= 4 is 17.0 Å². The van der Waals surface area contributed by atoms with E-state index in [1.807, 2.05) is 0 Å². The molecule has 0 bridgehead atoms. The number of nitrogens with zero attached hydrogens (tertiary/aromatic N) is 4. The molecule has 0 aliphatic carbocycles. The second-order valence-electron chi connectivity index (χ2n) is 3.76. The molecule has 0 amide bonds. The monoisotopic (exact) mass is 257 g/mol. The van der Waals surface area contributed by atoms with Crippen LogP contribution in [-0.2, 0) is 6.54 Å². The first-order valence-electron chi connectivity index (χ1n) is 5.13. The molecule has 0 spiro atoms. The Hall–Kier alpha value is -1.84. The first-order valence-corrected chi connectivity index (χ1v) is 5.13. The number of nitrogens with two attached hydrogens (primary N) is 1. The SMILES string of the molecule is Nc1nc(F)nc2c1ncn2CC(O)C(O)CO. The van der Waals surface area contributed by atoms with Crippen molar-refractivity contribution in [3.8, 4) is 0 Å². The van der Waals surface area contributed by atoms with Crippen molar-refractivity contribution in [2.24, 2.45) is 0 Å². The summed E-state index contributed by atoms with van der Waals surface area (Å²) in [6.45, 7) is -0.687. The van der Waals surface area contributed by atoms with Gasteiger partial charge in [0, 0.05) is 0 Å². The molecule has 2 aromatic heterocycles. The molecule has 2 heterocycles. The van der Waals surface area contributed by atoms with E-state index in [2.05, 4.69) is 15.0 Å². The Morgan fingerprint density at radius 1 is 1.33 bits per heavy atom. The Kier molecular flexibility index (Phi) is 3.36. The van der Waals surface area contributed by atoms with Crippen molar-refractivity contribution < 1.29 is 19.7 Å². The normalized spacial score (nSPS) is 14.9. The predicted octanol–water partition coefficient (Wildman–Crippen LogP) is -1.74. The fourth-order valence-electron chi connectivity index (χ4n) is 1.52. The van der Waals surface area contributed by atoms with E-state index in [9.17, 15) is 14.6 Å². The minimum Gasteiger partial charge on any atom is -0.394 e. The van der Waals surface area contributed by atoms with Gasteiger partial charge in [0.05, 0.1) is 19.5 Å². The van der Waals surface area contributed by atoms with Crippen molar-refractivity contribution in [1.82, 2.24) is 19.5 Å². The van der Waals surface area contributed by atoms with Crippen LogP contribution in [0, 0.1) is 6.08 Å². The molecule has 0 aliphatic rings. The maximum Gasteiger partial charge on any atom is 0.312 e. The van der Waals surface area contributed by atoms with Crippen LogP contribution in [0.2, 0.25) is 0 Å². The van der Waals surface area contributed by atoms with Crippen LogP contribution in [0.4, 0.5) is 10.2 Å². The number of halogens is 1. The number of aliphatic hydroxyl groups is 3. The van der Waals surface area contributed by atoms with E-state index in [4.69, 9.17) is 10.8 Å². The van der Waals surface area contributed by atoms with Crippen molar-refractivity contribution in [3.05, 3.63) is 12.4 Å². The van der Waals surface area contributed by atoms with Gasteiger partial charge in [-0.1, -0.05) is 0 Å². The fraction of sp³-hybridized carbons (Fsp3) is 0.444. The van der Waals surface area contributed by atoms with Gasteiger partial charge < -0.3 is 25.6 Å². The number of hydrogen-bond acceptors (Lipinski definition) is 7. The highest BCUT2D eigenvalue weighted by atomic mass is 19.1. The van der Waals surface area contributed by atoms with Crippen LogP contribution >= 0.6 is 0 Å². The minimum absolute atomic E-state index is 0.103. The van der Waals surface area contributed by atoms with Gasteiger partial charge in [-0.25, -0.2) is 4.98 Å². The van der Waals surface area contributed by atoms with E-state index >= 15 is 0 Å². The summed E-state index contributed by atoms with van der Waals surface area (Å²) in [6.07, 6.45) is -2.24. The van der Waals surface area contributed by atoms with Gasteiger partial charge in [0.25, 0.3) is 0 Å². The molecule has 18 heavy (non-hydrogen) atoms. The molecule has 9 heteroatoms. The fourth-order valence-corrected chi connectivity index (χ4v) is 1.52. The van der Waals surface area contributed by atoms with Crippen molar-refractivity contribution in [3.63, 3.8) is 0 Å². The number of hydrogen-bond donors (Lipinski definition) is 4. The Morgan fingerprint density at radius 2 is 2.06 bits per heavy atom.